The summed E-state index contributed by atoms with van der Waals surface area (Å²) in [6.07, 6.45) is 5.61. The molecule has 0 aliphatic heterocycles. The Morgan fingerprint density at radius 1 is 1.21 bits per heavy atom. The molecule has 2 N–H and O–H groups in total. The highest BCUT2D eigenvalue weighted by molar-refractivity contribution is 7.92. The Labute approximate surface area is 169 Å². The van der Waals surface area contributed by atoms with Crippen molar-refractivity contribution in [3.63, 3.8) is 0 Å². The van der Waals surface area contributed by atoms with E-state index in [1.165, 1.54) is 12.1 Å². The normalized spacial score (nSPS) is 19.9. The molecule has 9 heteroatoms. The molecule has 1 fully saturated rings. The fourth-order valence-electron chi connectivity index (χ4n) is 3.25. The lowest BCUT2D eigenvalue weighted by atomic mass is 9.98. The minimum Gasteiger partial charge on any atom is -0.325 e. The zero-order valence-corrected chi connectivity index (χ0v) is 16.6. The Kier molecular flexibility index (Phi) is 6.77. The van der Waals surface area contributed by atoms with Crippen molar-refractivity contribution in [3.05, 3.63) is 54.4 Å². The molecule has 1 saturated carbocycles. The largest absolute Gasteiger partial charge is 0.325 e. The van der Waals surface area contributed by atoms with Gasteiger partial charge in [0.1, 0.15) is 6.17 Å². The number of rotatable bonds is 5. The number of aromatic nitrogens is 1. The molecule has 2 aromatic rings. The number of sulfone groups is 1. The number of aliphatic imine (C=N–C) groups is 1. The summed E-state index contributed by atoms with van der Waals surface area (Å²) >= 11 is 0. The first-order valence-electron chi connectivity index (χ1n) is 9.32. The number of nitrogens with zero attached hydrogens (tertiary/aromatic N) is 3. The fraction of sp³-hybridized carbons (Fsp3) is 0.350. The molecule has 3 rings (SSSR count). The Morgan fingerprint density at radius 3 is 2.59 bits per heavy atom. The first-order chi connectivity index (χ1) is 14.0. The lowest BCUT2D eigenvalue weighted by Crippen LogP contribution is -2.29. The van der Waals surface area contributed by atoms with Crippen LogP contribution in [0.1, 0.15) is 31.2 Å². The first-order valence-corrected chi connectivity index (χ1v) is 10.9. The number of hydrogen-bond acceptors (Lipinski definition) is 5. The number of nitrogens with one attached hydrogen (secondary N) is 2. The topological polar surface area (TPSA) is 107 Å². The van der Waals surface area contributed by atoms with Gasteiger partial charge in [0, 0.05) is 18.1 Å². The van der Waals surface area contributed by atoms with Crippen LogP contribution in [0.25, 0.3) is 0 Å². The number of halogens is 1. The monoisotopic (exact) mass is 415 g/mol. The summed E-state index contributed by atoms with van der Waals surface area (Å²) in [6, 6.07) is 9.92. The van der Waals surface area contributed by atoms with Gasteiger partial charge in [-0.25, -0.2) is 17.8 Å². The Hall–Kier alpha value is -2.99. The van der Waals surface area contributed by atoms with Crippen molar-refractivity contribution in [2.75, 3.05) is 5.32 Å². The predicted octanol–water partition coefficient (Wildman–Crippen LogP) is 3.17. The minimum atomic E-state index is -3.54. The first kappa shape index (κ1) is 20.7. The summed E-state index contributed by atoms with van der Waals surface area (Å²) in [7, 11) is -3.54. The molecular formula is C20H22FN5O2S. The standard InChI is InChI=1S/C20H22FN5O2S/c21-16-2-1-3-19(12-16)29(27,28)18-6-4-15(5-7-18)13-24-20(25-14-22)26-17-8-10-23-11-9-17/h4-11,16,19H,1-3,12-13H2,(H2,23,24,25,26). The maximum Gasteiger partial charge on any atom is 0.209 e. The molecule has 1 heterocycles. The third-order valence-corrected chi connectivity index (χ3v) is 7.02. The van der Waals surface area contributed by atoms with E-state index in [4.69, 9.17) is 5.26 Å². The van der Waals surface area contributed by atoms with Crippen LogP contribution < -0.4 is 10.6 Å². The average Bonchev–Trinajstić information content (AvgIpc) is 2.73. The van der Waals surface area contributed by atoms with Crippen molar-refractivity contribution in [2.24, 2.45) is 4.99 Å². The van der Waals surface area contributed by atoms with Gasteiger partial charge in [-0.3, -0.25) is 10.3 Å². The molecule has 7 nitrogen and oxygen atoms in total. The SMILES string of the molecule is N#CNC(=NCc1ccc(S(=O)(=O)C2CCCC(F)C2)cc1)Nc1ccncc1. The van der Waals surface area contributed by atoms with Crippen LogP contribution in [0.15, 0.2) is 58.7 Å². The van der Waals surface area contributed by atoms with Crippen LogP contribution in [0, 0.1) is 11.5 Å². The maximum absolute atomic E-state index is 13.6. The summed E-state index contributed by atoms with van der Waals surface area (Å²) in [5.41, 5.74) is 1.51. The van der Waals surface area contributed by atoms with Gasteiger partial charge in [-0.2, -0.15) is 5.26 Å². The van der Waals surface area contributed by atoms with Crippen molar-refractivity contribution in [2.45, 2.75) is 48.5 Å². The van der Waals surface area contributed by atoms with Crippen molar-refractivity contribution >= 4 is 21.5 Å². The van der Waals surface area contributed by atoms with E-state index in [9.17, 15) is 12.8 Å². The van der Waals surface area contributed by atoms with E-state index < -0.39 is 21.3 Å². The number of guanidine groups is 1. The third-order valence-electron chi connectivity index (χ3n) is 4.79. The van der Waals surface area contributed by atoms with E-state index in [1.54, 1.807) is 36.7 Å². The molecule has 0 saturated heterocycles. The molecule has 1 aliphatic carbocycles. The highest BCUT2D eigenvalue weighted by atomic mass is 32.2. The Balaban J connectivity index is 1.69. The van der Waals surface area contributed by atoms with Crippen LogP contribution in [-0.2, 0) is 16.4 Å². The second-order valence-corrected chi connectivity index (χ2v) is 9.07. The van der Waals surface area contributed by atoms with Crippen LogP contribution in [0.5, 0.6) is 0 Å². The van der Waals surface area contributed by atoms with Gasteiger partial charge in [0.05, 0.1) is 16.7 Å². The molecular weight excluding hydrogens is 393 g/mol. The van der Waals surface area contributed by atoms with Crippen LogP contribution in [-0.4, -0.2) is 30.8 Å². The van der Waals surface area contributed by atoms with Gasteiger partial charge in [0.2, 0.25) is 5.96 Å². The summed E-state index contributed by atoms with van der Waals surface area (Å²) in [5.74, 6) is 0.270. The predicted molar refractivity (Wildman–Crippen MR) is 109 cm³/mol. The number of alkyl halides is 1. The molecule has 0 spiro atoms. The van der Waals surface area contributed by atoms with E-state index in [0.717, 1.165) is 11.3 Å². The van der Waals surface area contributed by atoms with E-state index >= 15 is 0 Å². The molecule has 152 valence electrons. The van der Waals surface area contributed by atoms with Gasteiger partial charge in [-0.1, -0.05) is 12.1 Å². The fourth-order valence-corrected chi connectivity index (χ4v) is 5.09. The number of pyridine rings is 1. The summed E-state index contributed by atoms with van der Waals surface area (Å²) in [5, 5.41) is 13.7. The van der Waals surface area contributed by atoms with Crippen molar-refractivity contribution in [1.82, 2.24) is 10.3 Å². The second kappa shape index (κ2) is 9.47. The van der Waals surface area contributed by atoms with Gasteiger partial charge in [0.25, 0.3) is 0 Å². The third kappa shape index (κ3) is 5.51. The van der Waals surface area contributed by atoms with Gasteiger partial charge in [-0.15, -0.1) is 0 Å². The smallest absolute Gasteiger partial charge is 0.209 e. The molecule has 2 atom stereocenters. The number of nitriles is 1. The van der Waals surface area contributed by atoms with Crippen molar-refractivity contribution < 1.29 is 12.8 Å². The van der Waals surface area contributed by atoms with Crippen molar-refractivity contribution in [1.29, 1.82) is 5.26 Å². The molecule has 1 aromatic heterocycles. The Bertz CT molecular complexity index is 988. The number of hydrogen-bond donors (Lipinski definition) is 2. The van der Waals surface area contributed by atoms with Gasteiger partial charge in [0.15, 0.2) is 16.0 Å². The highest BCUT2D eigenvalue weighted by Gasteiger charge is 2.32. The zero-order chi connectivity index (χ0) is 20.7. The van der Waals surface area contributed by atoms with E-state index in [0.29, 0.717) is 19.3 Å². The molecule has 1 aliphatic rings. The lowest BCUT2D eigenvalue weighted by Gasteiger charge is -2.24. The molecule has 0 radical (unpaired) electrons. The summed E-state index contributed by atoms with van der Waals surface area (Å²) < 4.78 is 39.1. The van der Waals surface area contributed by atoms with Crippen LogP contribution in [0.3, 0.4) is 0 Å². The molecule has 1 aromatic carbocycles. The quantitative estimate of drug-likeness (QED) is 0.336. The van der Waals surface area contributed by atoms with Crippen LogP contribution in [0.2, 0.25) is 0 Å². The van der Waals surface area contributed by atoms with Gasteiger partial charge in [-0.05, 0) is 55.5 Å². The zero-order valence-electron chi connectivity index (χ0n) is 15.8. The lowest BCUT2D eigenvalue weighted by molar-refractivity contribution is 0.252. The summed E-state index contributed by atoms with van der Waals surface area (Å²) in [6.45, 7) is 0.248. The van der Waals surface area contributed by atoms with Gasteiger partial charge >= 0.3 is 0 Å². The van der Waals surface area contributed by atoms with E-state index in [1.807, 2.05) is 6.19 Å². The Morgan fingerprint density at radius 2 is 1.93 bits per heavy atom. The average molecular weight is 415 g/mol. The van der Waals surface area contributed by atoms with Crippen LogP contribution >= 0.6 is 0 Å². The van der Waals surface area contributed by atoms with E-state index in [-0.39, 0.29) is 23.8 Å². The molecule has 29 heavy (non-hydrogen) atoms. The minimum absolute atomic E-state index is 0.0677. The van der Waals surface area contributed by atoms with Crippen LogP contribution in [0.4, 0.5) is 10.1 Å². The molecule has 0 bridgehead atoms. The van der Waals surface area contributed by atoms with Gasteiger partial charge < -0.3 is 5.32 Å². The van der Waals surface area contributed by atoms with Crippen molar-refractivity contribution in [3.8, 4) is 6.19 Å². The molecule has 2 unspecified atom stereocenters. The maximum atomic E-state index is 13.6. The number of benzene rings is 1. The highest BCUT2D eigenvalue weighted by Crippen LogP contribution is 2.30. The van der Waals surface area contributed by atoms with E-state index in [2.05, 4.69) is 20.6 Å². The summed E-state index contributed by atoms with van der Waals surface area (Å²) in [4.78, 5) is 8.45. The number of anilines is 1. The second-order valence-electron chi connectivity index (χ2n) is 6.84. The molecule has 0 amide bonds.